The molecule has 0 atom stereocenters. The van der Waals surface area contributed by atoms with Gasteiger partial charge in [0.25, 0.3) is 5.91 Å². The van der Waals surface area contributed by atoms with Crippen LogP contribution >= 0.6 is 11.3 Å². The third-order valence-corrected chi connectivity index (χ3v) is 6.93. The Hall–Kier alpha value is -4.01. The normalized spacial score (nSPS) is 14.0. The monoisotopic (exact) mass is 497 g/mol. The van der Waals surface area contributed by atoms with Crippen molar-refractivity contribution in [2.45, 2.75) is 6.04 Å². The molecule has 1 aromatic heterocycles. The van der Waals surface area contributed by atoms with Gasteiger partial charge in [0.2, 0.25) is 0 Å². The van der Waals surface area contributed by atoms with Gasteiger partial charge >= 0.3 is 6.03 Å². The van der Waals surface area contributed by atoms with Crippen molar-refractivity contribution in [3.05, 3.63) is 113 Å². The zero-order valence-corrected chi connectivity index (χ0v) is 20.5. The van der Waals surface area contributed by atoms with Crippen molar-refractivity contribution < 1.29 is 9.59 Å². The lowest BCUT2D eigenvalue weighted by molar-refractivity contribution is 0.0592. The second-order valence-corrected chi connectivity index (χ2v) is 9.39. The number of para-hydroxylation sites is 1. The lowest BCUT2D eigenvalue weighted by Crippen LogP contribution is -2.50. The van der Waals surface area contributed by atoms with Gasteiger partial charge in [-0.05, 0) is 23.3 Å². The number of nitrogens with zero attached hydrogens (tertiary/aromatic N) is 3. The molecular weight excluding hydrogens is 470 g/mol. The third-order valence-electron chi connectivity index (χ3n) is 6.17. The second-order valence-electron chi connectivity index (χ2n) is 8.54. The van der Waals surface area contributed by atoms with Gasteiger partial charge in [0.1, 0.15) is 5.69 Å². The average Bonchev–Trinajstić information content (AvgIpc) is 3.39. The molecule has 5 rings (SSSR count). The molecule has 3 aromatic carbocycles. The molecule has 0 aliphatic carbocycles. The number of aromatic nitrogens is 1. The van der Waals surface area contributed by atoms with Gasteiger partial charge in [0.15, 0.2) is 5.13 Å². The van der Waals surface area contributed by atoms with Crippen LogP contribution in [0.1, 0.15) is 27.7 Å². The van der Waals surface area contributed by atoms with Crippen molar-refractivity contribution in [3.63, 3.8) is 0 Å². The van der Waals surface area contributed by atoms with Crippen molar-refractivity contribution in [2.24, 2.45) is 0 Å². The van der Waals surface area contributed by atoms with Crippen LogP contribution in [-0.4, -0.2) is 52.9 Å². The minimum absolute atomic E-state index is 0.113. The van der Waals surface area contributed by atoms with Gasteiger partial charge in [-0.2, -0.15) is 0 Å². The Morgan fingerprint density at radius 3 is 1.89 bits per heavy atom. The maximum atomic E-state index is 13.1. The number of hydrogen-bond acceptors (Lipinski definition) is 5. The highest BCUT2D eigenvalue weighted by Crippen LogP contribution is 2.29. The number of rotatable bonds is 6. The van der Waals surface area contributed by atoms with Crippen LogP contribution in [0.2, 0.25) is 0 Å². The molecule has 0 radical (unpaired) electrons. The van der Waals surface area contributed by atoms with Crippen LogP contribution in [-0.2, 0) is 0 Å². The summed E-state index contributed by atoms with van der Waals surface area (Å²) in [6.07, 6.45) is 0. The molecular formula is C28H27N5O2S. The van der Waals surface area contributed by atoms with E-state index in [9.17, 15) is 9.59 Å². The quantitative estimate of drug-likeness (QED) is 0.377. The molecule has 7 nitrogen and oxygen atoms in total. The summed E-state index contributed by atoms with van der Waals surface area (Å²) in [5.41, 5.74) is 3.52. The zero-order chi connectivity index (χ0) is 24.7. The molecule has 0 bridgehead atoms. The molecule has 2 heterocycles. The van der Waals surface area contributed by atoms with Gasteiger partial charge < -0.3 is 10.2 Å². The summed E-state index contributed by atoms with van der Waals surface area (Å²) < 4.78 is 0. The first-order valence-corrected chi connectivity index (χ1v) is 12.8. The fourth-order valence-corrected chi connectivity index (χ4v) is 5.12. The first-order chi connectivity index (χ1) is 17.7. The Morgan fingerprint density at radius 2 is 1.31 bits per heavy atom. The molecule has 1 aliphatic heterocycles. The fourth-order valence-electron chi connectivity index (χ4n) is 4.44. The van der Waals surface area contributed by atoms with Crippen molar-refractivity contribution in [1.29, 1.82) is 0 Å². The predicted molar refractivity (Wildman–Crippen MR) is 143 cm³/mol. The number of thiazole rings is 1. The van der Waals surface area contributed by atoms with Crippen molar-refractivity contribution in [2.75, 3.05) is 36.8 Å². The summed E-state index contributed by atoms with van der Waals surface area (Å²) in [4.78, 5) is 34.0. The van der Waals surface area contributed by atoms with Crippen LogP contribution in [0.15, 0.2) is 96.4 Å². The van der Waals surface area contributed by atoms with E-state index in [0.717, 1.165) is 13.1 Å². The van der Waals surface area contributed by atoms with Crippen LogP contribution in [0.4, 0.5) is 15.6 Å². The first-order valence-electron chi connectivity index (χ1n) is 11.9. The standard InChI is InChI=1S/C28H27N5O2S/c34-26(24-20-36-28(30-24)31-27(35)29-23-14-8-3-9-15-23)33-18-16-32(17-19-33)25(21-10-4-1-5-11-21)22-12-6-2-7-13-22/h1-15,20,25H,16-19H2,(H2,29,30,31,35). The molecule has 0 spiro atoms. The lowest BCUT2D eigenvalue weighted by atomic mass is 9.96. The molecule has 4 aromatic rings. The van der Waals surface area contributed by atoms with E-state index in [1.54, 1.807) is 17.5 Å². The number of amides is 3. The highest BCUT2D eigenvalue weighted by atomic mass is 32.1. The van der Waals surface area contributed by atoms with Gasteiger partial charge in [0.05, 0.1) is 6.04 Å². The maximum Gasteiger partial charge on any atom is 0.325 e. The highest BCUT2D eigenvalue weighted by molar-refractivity contribution is 7.14. The maximum absolute atomic E-state index is 13.1. The smallest absolute Gasteiger partial charge is 0.325 e. The molecule has 2 N–H and O–H groups in total. The van der Waals surface area contributed by atoms with E-state index in [-0.39, 0.29) is 11.9 Å². The topological polar surface area (TPSA) is 77.6 Å². The number of benzene rings is 3. The summed E-state index contributed by atoms with van der Waals surface area (Å²) in [6.45, 7) is 2.75. The fraction of sp³-hybridized carbons (Fsp3) is 0.179. The molecule has 8 heteroatoms. The molecule has 0 unspecified atom stereocenters. The summed E-state index contributed by atoms with van der Waals surface area (Å²) in [5.74, 6) is -0.113. The minimum atomic E-state index is -0.393. The summed E-state index contributed by atoms with van der Waals surface area (Å²) in [5, 5.41) is 7.54. The predicted octanol–water partition coefficient (Wildman–Crippen LogP) is 5.33. The summed E-state index contributed by atoms with van der Waals surface area (Å²) >= 11 is 1.24. The van der Waals surface area contributed by atoms with Gasteiger partial charge in [-0.15, -0.1) is 11.3 Å². The highest BCUT2D eigenvalue weighted by Gasteiger charge is 2.29. The van der Waals surface area contributed by atoms with Crippen LogP contribution in [0, 0.1) is 0 Å². The van der Waals surface area contributed by atoms with Gasteiger partial charge in [-0.1, -0.05) is 78.9 Å². The molecule has 182 valence electrons. The molecule has 3 amide bonds. The van der Waals surface area contributed by atoms with E-state index in [2.05, 4.69) is 69.0 Å². The number of anilines is 2. The van der Waals surface area contributed by atoms with Crippen LogP contribution in [0.5, 0.6) is 0 Å². The first kappa shape index (κ1) is 23.7. The molecule has 0 saturated carbocycles. The Kier molecular flexibility index (Phi) is 7.35. The van der Waals surface area contributed by atoms with E-state index < -0.39 is 6.03 Å². The molecule has 1 aliphatic rings. The summed E-state index contributed by atoms with van der Waals surface area (Å²) in [6, 6.07) is 29.9. The van der Waals surface area contributed by atoms with E-state index in [1.807, 2.05) is 35.2 Å². The molecule has 1 fully saturated rings. The van der Waals surface area contributed by atoms with Crippen LogP contribution in [0.25, 0.3) is 0 Å². The number of nitrogens with one attached hydrogen (secondary N) is 2. The number of hydrogen-bond donors (Lipinski definition) is 2. The second kappa shape index (κ2) is 11.2. The van der Waals surface area contributed by atoms with E-state index >= 15 is 0 Å². The van der Waals surface area contributed by atoms with Crippen molar-refractivity contribution in [3.8, 4) is 0 Å². The number of piperazine rings is 1. The van der Waals surface area contributed by atoms with Gasteiger partial charge in [-0.25, -0.2) is 9.78 Å². The average molecular weight is 498 g/mol. The van der Waals surface area contributed by atoms with Crippen LogP contribution < -0.4 is 10.6 Å². The largest absolute Gasteiger partial charge is 0.335 e. The van der Waals surface area contributed by atoms with Gasteiger partial charge in [0, 0.05) is 37.2 Å². The van der Waals surface area contributed by atoms with Gasteiger partial charge in [-0.3, -0.25) is 15.0 Å². The Bertz CT molecular complexity index is 1250. The lowest BCUT2D eigenvalue weighted by Gasteiger charge is -2.39. The Labute approximate surface area is 214 Å². The number of carbonyl (C=O) groups is 2. The van der Waals surface area contributed by atoms with E-state index in [1.165, 1.54) is 22.5 Å². The molecule has 36 heavy (non-hydrogen) atoms. The molecule has 1 saturated heterocycles. The SMILES string of the molecule is O=C(Nc1ccccc1)Nc1nc(C(=O)N2CCN(C(c3ccccc3)c3ccccc3)CC2)cs1. The van der Waals surface area contributed by atoms with Crippen LogP contribution in [0.3, 0.4) is 0 Å². The Morgan fingerprint density at radius 1 is 0.750 bits per heavy atom. The third kappa shape index (κ3) is 5.62. The number of carbonyl (C=O) groups excluding carboxylic acids is 2. The Balaban J connectivity index is 1.21. The number of urea groups is 1. The van der Waals surface area contributed by atoms with E-state index in [0.29, 0.717) is 29.6 Å². The zero-order valence-electron chi connectivity index (χ0n) is 19.7. The summed E-state index contributed by atoms with van der Waals surface area (Å²) in [7, 11) is 0. The van der Waals surface area contributed by atoms with Crippen molar-refractivity contribution in [1.82, 2.24) is 14.8 Å². The van der Waals surface area contributed by atoms with E-state index in [4.69, 9.17) is 0 Å². The minimum Gasteiger partial charge on any atom is -0.335 e. The van der Waals surface area contributed by atoms with Crippen molar-refractivity contribution >= 4 is 34.1 Å².